The van der Waals surface area contributed by atoms with Gasteiger partial charge in [-0.1, -0.05) is 30.3 Å². The van der Waals surface area contributed by atoms with Crippen LogP contribution in [0.25, 0.3) is 0 Å². The molecule has 0 saturated carbocycles. The Morgan fingerprint density at radius 1 is 1.23 bits per heavy atom. The molecule has 1 heterocycles. The highest BCUT2D eigenvalue weighted by atomic mass is 16.5. The zero-order chi connectivity index (χ0) is 15.8. The number of benzene rings is 1. The standard InChI is InChI=1S/C17H21N3O2/c1-3-22-15(13-8-5-4-6-9-13)12-20-16-14(17(21)18-2)10-7-11-19-16/h4-11,15H,3,12H2,1-2H3,(H,18,21)(H,19,20)/t15-/m1/s1. The molecule has 0 bridgehead atoms. The molecule has 116 valence electrons. The van der Waals surface area contributed by atoms with E-state index in [1.165, 1.54) is 0 Å². The molecule has 0 saturated heterocycles. The van der Waals surface area contributed by atoms with E-state index in [-0.39, 0.29) is 12.0 Å². The number of amides is 1. The predicted octanol–water partition coefficient (Wildman–Crippen LogP) is 2.63. The van der Waals surface area contributed by atoms with Crippen LogP contribution in [0.1, 0.15) is 28.9 Å². The van der Waals surface area contributed by atoms with Gasteiger partial charge in [-0.2, -0.15) is 0 Å². The van der Waals surface area contributed by atoms with Crippen LogP contribution in [-0.4, -0.2) is 31.1 Å². The van der Waals surface area contributed by atoms with Crippen molar-refractivity contribution in [2.45, 2.75) is 13.0 Å². The fourth-order valence-electron chi connectivity index (χ4n) is 2.20. The summed E-state index contributed by atoms with van der Waals surface area (Å²) in [7, 11) is 1.60. The van der Waals surface area contributed by atoms with E-state index in [9.17, 15) is 4.79 Å². The number of aromatic nitrogens is 1. The Morgan fingerprint density at radius 2 is 2.00 bits per heavy atom. The molecular weight excluding hydrogens is 278 g/mol. The molecule has 1 aromatic carbocycles. The highest BCUT2D eigenvalue weighted by molar-refractivity contribution is 5.98. The van der Waals surface area contributed by atoms with Gasteiger partial charge >= 0.3 is 0 Å². The Bertz CT molecular complexity index is 602. The van der Waals surface area contributed by atoms with Gasteiger partial charge in [-0.15, -0.1) is 0 Å². The second-order valence-electron chi connectivity index (χ2n) is 4.71. The number of pyridine rings is 1. The van der Waals surface area contributed by atoms with Gasteiger partial charge < -0.3 is 15.4 Å². The maximum atomic E-state index is 11.9. The van der Waals surface area contributed by atoms with Gasteiger partial charge in [-0.25, -0.2) is 4.98 Å². The Kier molecular flexibility index (Phi) is 5.91. The average Bonchev–Trinajstić information content (AvgIpc) is 2.59. The van der Waals surface area contributed by atoms with Crippen molar-refractivity contribution < 1.29 is 9.53 Å². The topological polar surface area (TPSA) is 63.2 Å². The lowest BCUT2D eigenvalue weighted by molar-refractivity contribution is 0.0718. The average molecular weight is 299 g/mol. The number of hydrogen-bond donors (Lipinski definition) is 2. The summed E-state index contributed by atoms with van der Waals surface area (Å²) < 4.78 is 5.79. The zero-order valence-corrected chi connectivity index (χ0v) is 12.9. The van der Waals surface area contributed by atoms with E-state index in [0.29, 0.717) is 24.5 Å². The number of anilines is 1. The van der Waals surface area contributed by atoms with Gasteiger partial charge in [0.05, 0.1) is 11.7 Å². The van der Waals surface area contributed by atoms with Gasteiger partial charge in [0.25, 0.3) is 5.91 Å². The number of ether oxygens (including phenoxy) is 1. The molecule has 0 fully saturated rings. The van der Waals surface area contributed by atoms with E-state index >= 15 is 0 Å². The SMILES string of the molecule is CCO[C@H](CNc1ncccc1C(=O)NC)c1ccccc1. The fourth-order valence-corrected chi connectivity index (χ4v) is 2.20. The molecule has 1 aromatic heterocycles. The third-order valence-corrected chi connectivity index (χ3v) is 3.27. The fraction of sp³-hybridized carbons (Fsp3) is 0.294. The van der Waals surface area contributed by atoms with Crippen molar-refractivity contribution in [2.75, 3.05) is 25.5 Å². The minimum atomic E-state index is -0.164. The van der Waals surface area contributed by atoms with Crippen molar-refractivity contribution in [2.24, 2.45) is 0 Å². The Hall–Kier alpha value is -2.40. The van der Waals surface area contributed by atoms with Crippen molar-refractivity contribution in [1.29, 1.82) is 0 Å². The van der Waals surface area contributed by atoms with Crippen molar-refractivity contribution in [3.63, 3.8) is 0 Å². The molecule has 0 unspecified atom stereocenters. The molecule has 1 amide bonds. The smallest absolute Gasteiger partial charge is 0.254 e. The van der Waals surface area contributed by atoms with Gasteiger partial charge in [0, 0.05) is 26.4 Å². The van der Waals surface area contributed by atoms with Crippen LogP contribution in [0.3, 0.4) is 0 Å². The zero-order valence-electron chi connectivity index (χ0n) is 12.9. The van der Waals surface area contributed by atoms with Crippen LogP contribution in [0.5, 0.6) is 0 Å². The number of rotatable bonds is 7. The molecule has 0 aliphatic heterocycles. The normalized spacial score (nSPS) is 11.7. The summed E-state index contributed by atoms with van der Waals surface area (Å²) in [5, 5.41) is 5.83. The van der Waals surface area contributed by atoms with Crippen molar-refractivity contribution >= 4 is 11.7 Å². The Balaban J connectivity index is 2.12. The van der Waals surface area contributed by atoms with Crippen molar-refractivity contribution in [3.05, 3.63) is 59.8 Å². The van der Waals surface area contributed by atoms with Crippen LogP contribution < -0.4 is 10.6 Å². The van der Waals surface area contributed by atoms with E-state index < -0.39 is 0 Å². The number of hydrogen-bond acceptors (Lipinski definition) is 4. The third kappa shape index (κ3) is 4.05. The van der Waals surface area contributed by atoms with Crippen LogP contribution >= 0.6 is 0 Å². The van der Waals surface area contributed by atoms with Crippen molar-refractivity contribution in [3.8, 4) is 0 Å². The summed E-state index contributed by atoms with van der Waals surface area (Å²) in [6.07, 6.45) is 1.57. The lowest BCUT2D eigenvalue weighted by atomic mass is 10.1. The minimum absolute atomic E-state index is 0.0919. The van der Waals surface area contributed by atoms with E-state index in [2.05, 4.69) is 15.6 Å². The third-order valence-electron chi connectivity index (χ3n) is 3.27. The quantitative estimate of drug-likeness (QED) is 0.825. The van der Waals surface area contributed by atoms with Gasteiger partial charge in [0.1, 0.15) is 5.82 Å². The first-order valence-corrected chi connectivity index (χ1v) is 7.33. The van der Waals surface area contributed by atoms with Gasteiger partial charge in [-0.05, 0) is 24.6 Å². The number of nitrogens with zero attached hydrogens (tertiary/aromatic N) is 1. The molecule has 0 aliphatic rings. The van der Waals surface area contributed by atoms with Crippen LogP contribution in [0.15, 0.2) is 48.7 Å². The summed E-state index contributed by atoms with van der Waals surface area (Å²) in [6.45, 7) is 3.12. The summed E-state index contributed by atoms with van der Waals surface area (Å²) in [4.78, 5) is 16.1. The van der Waals surface area contributed by atoms with E-state index in [0.717, 1.165) is 5.56 Å². The predicted molar refractivity (Wildman–Crippen MR) is 86.9 cm³/mol. The van der Waals surface area contributed by atoms with E-state index in [1.54, 1.807) is 25.4 Å². The van der Waals surface area contributed by atoms with Crippen LogP contribution in [0.4, 0.5) is 5.82 Å². The molecule has 2 aromatic rings. The second kappa shape index (κ2) is 8.14. The monoisotopic (exact) mass is 299 g/mol. The molecule has 0 aliphatic carbocycles. The molecule has 5 heteroatoms. The lowest BCUT2D eigenvalue weighted by Crippen LogP contribution is -2.22. The van der Waals surface area contributed by atoms with Gasteiger partial charge in [-0.3, -0.25) is 4.79 Å². The molecule has 0 radical (unpaired) electrons. The largest absolute Gasteiger partial charge is 0.372 e. The van der Waals surface area contributed by atoms with Crippen LogP contribution in [0.2, 0.25) is 0 Å². The summed E-state index contributed by atoms with van der Waals surface area (Å²) in [6, 6.07) is 13.5. The number of nitrogens with one attached hydrogen (secondary N) is 2. The van der Waals surface area contributed by atoms with Crippen LogP contribution in [-0.2, 0) is 4.74 Å². The maximum absolute atomic E-state index is 11.9. The molecule has 2 N–H and O–H groups in total. The number of carbonyl (C=O) groups is 1. The van der Waals surface area contributed by atoms with Crippen LogP contribution in [0, 0.1) is 0 Å². The molecule has 5 nitrogen and oxygen atoms in total. The second-order valence-corrected chi connectivity index (χ2v) is 4.71. The first-order valence-electron chi connectivity index (χ1n) is 7.33. The highest BCUT2D eigenvalue weighted by Crippen LogP contribution is 2.19. The summed E-state index contributed by atoms with van der Waals surface area (Å²) in [5.41, 5.74) is 1.61. The lowest BCUT2D eigenvalue weighted by Gasteiger charge is -2.19. The van der Waals surface area contributed by atoms with E-state index in [1.807, 2.05) is 37.3 Å². The van der Waals surface area contributed by atoms with Crippen molar-refractivity contribution in [1.82, 2.24) is 10.3 Å². The van der Waals surface area contributed by atoms with Gasteiger partial charge in [0.15, 0.2) is 0 Å². The molecule has 1 atom stereocenters. The molecular formula is C17H21N3O2. The minimum Gasteiger partial charge on any atom is -0.372 e. The first kappa shape index (κ1) is 16.0. The van der Waals surface area contributed by atoms with E-state index in [4.69, 9.17) is 4.74 Å². The summed E-state index contributed by atoms with van der Waals surface area (Å²) in [5.74, 6) is 0.394. The first-order chi connectivity index (χ1) is 10.8. The maximum Gasteiger partial charge on any atom is 0.254 e. The molecule has 0 spiro atoms. The highest BCUT2D eigenvalue weighted by Gasteiger charge is 2.14. The van der Waals surface area contributed by atoms with Gasteiger partial charge in [0.2, 0.25) is 0 Å². The Morgan fingerprint density at radius 3 is 2.68 bits per heavy atom. The molecule has 22 heavy (non-hydrogen) atoms. The number of carbonyl (C=O) groups excluding carboxylic acids is 1. The summed E-state index contributed by atoms with van der Waals surface area (Å²) >= 11 is 0. The molecule has 2 rings (SSSR count). The Labute approximate surface area is 130 Å².